The van der Waals surface area contributed by atoms with Crippen LogP contribution in [0.25, 0.3) is 5.65 Å². The Kier molecular flexibility index (Phi) is 8.24. The molecule has 0 spiro atoms. The van der Waals surface area contributed by atoms with Crippen LogP contribution < -0.4 is 49.7 Å². The first-order valence-corrected chi connectivity index (χ1v) is 13.5. The van der Waals surface area contributed by atoms with Gasteiger partial charge in [-0.15, -0.1) is 0 Å². The molecule has 5 aromatic rings. The number of primary amides is 1. The highest BCUT2D eigenvalue weighted by atomic mass is 19.1. The van der Waals surface area contributed by atoms with E-state index in [4.69, 9.17) is 28.0 Å². The second-order valence-corrected chi connectivity index (χ2v) is 10.2. The SMILES string of the molecule is NC(=O)[C@H](NC(=O)c1cc(C(=O)NCc2ccc(F)c(CNc3c(N)c(=O)c3=O)c2)nc2c(N)nc(N)n12)c1ccc(C(=O)O)cc1. The number of imidazole rings is 1. The smallest absolute Gasteiger partial charge is 0.335 e. The number of nitrogens with zero attached hydrogens (tertiary/aromatic N) is 3. The number of nitrogens with two attached hydrogens (primary N) is 4. The topological polar surface area (TPSA) is 293 Å². The lowest BCUT2D eigenvalue weighted by molar-refractivity contribution is -0.120. The summed E-state index contributed by atoms with van der Waals surface area (Å²) < 4.78 is 15.5. The highest BCUT2D eigenvalue weighted by Crippen LogP contribution is 2.21. The number of aromatic carboxylic acids is 1. The molecule has 3 aromatic carbocycles. The standard InChI is InChI=1S/C29H25FN10O7/c30-15-6-1-11(7-14(15)10-35-20-18(31)21(41)22(20)42)9-36-26(44)16-8-17(40-25(37-16)23(32)39-29(40)34)27(45)38-19(24(33)43)12-2-4-13(5-3-12)28(46)47/h1-8,19,35H,9-10,31-32H2,(H2,33,43)(H2,34,39)(H,36,44)(H,38,45)(H,46,47)/t19-/m1/s1. The summed E-state index contributed by atoms with van der Waals surface area (Å²) in [6, 6.07) is 8.71. The molecular formula is C29H25FN10O7. The van der Waals surface area contributed by atoms with Crippen molar-refractivity contribution < 1.29 is 28.7 Å². The number of aromatic nitrogens is 3. The number of carboxylic acids is 1. The van der Waals surface area contributed by atoms with Crippen LogP contribution in [0.1, 0.15) is 54.1 Å². The molecule has 17 nitrogen and oxygen atoms in total. The van der Waals surface area contributed by atoms with Crippen molar-refractivity contribution in [2.24, 2.45) is 5.73 Å². The van der Waals surface area contributed by atoms with E-state index in [1.165, 1.54) is 36.4 Å². The van der Waals surface area contributed by atoms with Gasteiger partial charge in [0.2, 0.25) is 11.9 Å². The zero-order chi connectivity index (χ0) is 34.2. The van der Waals surface area contributed by atoms with Crippen LogP contribution in [0, 0.1) is 5.82 Å². The van der Waals surface area contributed by atoms with Crippen LogP contribution in [0.4, 0.5) is 27.5 Å². The van der Waals surface area contributed by atoms with Gasteiger partial charge in [-0.05, 0) is 41.5 Å². The van der Waals surface area contributed by atoms with Crippen LogP contribution in [0.5, 0.6) is 0 Å². The number of rotatable bonds is 11. The minimum Gasteiger partial charge on any atom is -0.478 e. The van der Waals surface area contributed by atoms with E-state index >= 15 is 0 Å². The number of anilines is 4. The summed E-state index contributed by atoms with van der Waals surface area (Å²) in [6.07, 6.45) is 0. The van der Waals surface area contributed by atoms with Crippen LogP contribution >= 0.6 is 0 Å². The number of halogens is 1. The van der Waals surface area contributed by atoms with Gasteiger partial charge in [0.15, 0.2) is 11.5 Å². The van der Waals surface area contributed by atoms with Gasteiger partial charge < -0.3 is 44.0 Å². The maximum Gasteiger partial charge on any atom is 0.335 e. The van der Waals surface area contributed by atoms with Crippen molar-refractivity contribution in [2.45, 2.75) is 19.1 Å². The minimum absolute atomic E-state index is 0.0596. The van der Waals surface area contributed by atoms with Gasteiger partial charge in [-0.25, -0.2) is 14.2 Å². The molecule has 0 bridgehead atoms. The molecule has 0 aliphatic carbocycles. The molecular weight excluding hydrogens is 619 g/mol. The molecule has 0 fully saturated rings. The van der Waals surface area contributed by atoms with E-state index in [1.807, 2.05) is 0 Å². The molecule has 0 aliphatic rings. The quantitative estimate of drug-likeness (QED) is 0.0835. The summed E-state index contributed by atoms with van der Waals surface area (Å²) >= 11 is 0. The number of amides is 3. The van der Waals surface area contributed by atoms with Gasteiger partial charge in [0.05, 0.1) is 5.56 Å². The number of carbonyl (C=O) groups is 4. The Hall–Kier alpha value is -6.85. The zero-order valence-electron chi connectivity index (χ0n) is 24.0. The van der Waals surface area contributed by atoms with Crippen molar-refractivity contribution in [1.82, 2.24) is 25.0 Å². The number of fused-ring (bicyclic) bond motifs is 1. The number of hydrogen-bond acceptors (Lipinski definition) is 12. The van der Waals surface area contributed by atoms with E-state index in [-0.39, 0.29) is 70.0 Å². The number of carboxylic acid groups (broad SMARTS) is 1. The van der Waals surface area contributed by atoms with Gasteiger partial charge in [0.25, 0.3) is 22.7 Å². The number of hydrogen-bond donors (Lipinski definition) is 8. The van der Waals surface area contributed by atoms with Crippen LogP contribution in [0.2, 0.25) is 0 Å². The monoisotopic (exact) mass is 644 g/mol. The third kappa shape index (κ3) is 6.10. The predicted molar refractivity (Wildman–Crippen MR) is 165 cm³/mol. The lowest BCUT2D eigenvalue weighted by Gasteiger charge is -2.17. The highest BCUT2D eigenvalue weighted by molar-refractivity contribution is 6.01. The summed E-state index contributed by atoms with van der Waals surface area (Å²) in [6.45, 7) is -0.299. The first kappa shape index (κ1) is 31.6. The fourth-order valence-electron chi connectivity index (χ4n) is 4.67. The van der Waals surface area contributed by atoms with Gasteiger partial charge in [-0.3, -0.25) is 28.4 Å². The largest absolute Gasteiger partial charge is 0.478 e. The molecule has 0 aliphatic heterocycles. The Labute approximate surface area is 262 Å². The van der Waals surface area contributed by atoms with Crippen molar-refractivity contribution in [3.8, 4) is 0 Å². The van der Waals surface area contributed by atoms with Gasteiger partial charge in [0, 0.05) is 18.7 Å². The third-order valence-electron chi connectivity index (χ3n) is 7.13. The van der Waals surface area contributed by atoms with Crippen molar-refractivity contribution in [3.63, 3.8) is 0 Å². The fraction of sp³-hybridized carbons (Fsp3) is 0.103. The first-order chi connectivity index (χ1) is 22.3. The number of benzene rings is 2. The second-order valence-electron chi connectivity index (χ2n) is 10.2. The number of nitrogen functional groups attached to an aromatic ring is 3. The van der Waals surface area contributed by atoms with Crippen molar-refractivity contribution in [1.29, 1.82) is 0 Å². The average Bonchev–Trinajstić information content (AvgIpc) is 3.35. The Balaban J connectivity index is 1.37. The third-order valence-corrected chi connectivity index (χ3v) is 7.13. The summed E-state index contributed by atoms with van der Waals surface area (Å²) in [7, 11) is 0. The van der Waals surface area contributed by atoms with Crippen molar-refractivity contribution in [2.75, 3.05) is 22.5 Å². The summed E-state index contributed by atoms with van der Waals surface area (Å²) in [5, 5.41) is 16.8. The zero-order valence-corrected chi connectivity index (χ0v) is 24.0. The van der Waals surface area contributed by atoms with E-state index in [9.17, 15) is 33.2 Å². The van der Waals surface area contributed by atoms with E-state index < -0.39 is 46.4 Å². The Morgan fingerprint density at radius 3 is 2.26 bits per heavy atom. The maximum absolute atomic E-state index is 14.4. The lowest BCUT2D eigenvalue weighted by atomic mass is 10.0. The molecule has 12 N–H and O–H groups in total. The fourth-order valence-corrected chi connectivity index (χ4v) is 4.67. The summed E-state index contributed by atoms with van der Waals surface area (Å²) in [5.41, 5.74) is 20.9. The average molecular weight is 645 g/mol. The molecule has 0 saturated heterocycles. The van der Waals surface area contributed by atoms with E-state index in [0.717, 1.165) is 16.5 Å². The molecule has 5 rings (SSSR count). The Morgan fingerprint density at radius 1 is 0.915 bits per heavy atom. The van der Waals surface area contributed by atoms with Crippen molar-refractivity contribution >= 4 is 52.5 Å². The molecule has 3 amide bonds. The highest BCUT2D eigenvalue weighted by Gasteiger charge is 2.26. The second kappa shape index (κ2) is 12.3. The molecule has 240 valence electrons. The van der Waals surface area contributed by atoms with Gasteiger partial charge >= 0.3 is 5.97 Å². The molecule has 1 atom stereocenters. The molecule has 47 heavy (non-hydrogen) atoms. The van der Waals surface area contributed by atoms with E-state index in [2.05, 4.69) is 25.9 Å². The molecule has 2 aromatic heterocycles. The van der Waals surface area contributed by atoms with Crippen LogP contribution in [0.15, 0.2) is 58.1 Å². The predicted octanol–water partition coefficient (Wildman–Crippen LogP) is -0.592. The minimum atomic E-state index is -1.41. The summed E-state index contributed by atoms with van der Waals surface area (Å²) in [4.78, 5) is 81.2. The van der Waals surface area contributed by atoms with Crippen LogP contribution in [-0.2, 0) is 17.9 Å². The summed E-state index contributed by atoms with van der Waals surface area (Å²) in [5.74, 6) is -4.95. The van der Waals surface area contributed by atoms with Crippen molar-refractivity contribution in [3.05, 3.63) is 108 Å². The van der Waals surface area contributed by atoms with E-state index in [1.54, 1.807) is 0 Å². The normalized spacial score (nSPS) is 11.7. The Bertz CT molecular complexity index is 2170. The van der Waals surface area contributed by atoms with Crippen LogP contribution in [0.3, 0.4) is 0 Å². The number of nitrogens with one attached hydrogen (secondary N) is 3. The first-order valence-electron chi connectivity index (χ1n) is 13.5. The molecule has 2 heterocycles. The Morgan fingerprint density at radius 2 is 1.62 bits per heavy atom. The van der Waals surface area contributed by atoms with E-state index in [0.29, 0.717) is 5.56 Å². The number of carbonyl (C=O) groups excluding carboxylic acids is 3. The lowest BCUT2D eigenvalue weighted by Crippen LogP contribution is -2.38. The van der Waals surface area contributed by atoms with Gasteiger partial charge in [0.1, 0.15) is 34.6 Å². The maximum atomic E-state index is 14.4. The van der Waals surface area contributed by atoms with Gasteiger partial charge in [-0.1, -0.05) is 18.2 Å². The molecule has 0 unspecified atom stereocenters. The molecule has 0 radical (unpaired) electrons. The molecule has 0 saturated carbocycles. The molecule has 18 heteroatoms. The van der Waals surface area contributed by atoms with Crippen LogP contribution in [-0.4, -0.2) is 43.2 Å². The van der Waals surface area contributed by atoms with Gasteiger partial charge in [-0.2, -0.15) is 4.98 Å².